The number of hydrogen-bond donors (Lipinski definition) is 0. The van der Waals surface area contributed by atoms with E-state index < -0.39 is 0 Å². The molecule has 0 spiro atoms. The Kier molecular flexibility index (Phi) is 5.73. The summed E-state index contributed by atoms with van der Waals surface area (Å²) < 4.78 is 3.33. The summed E-state index contributed by atoms with van der Waals surface area (Å²) in [4.78, 5) is 9.77. The van der Waals surface area contributed by atoms with E-state index in [0.717, 1.165) is 60.5 Å². The Morgan fingerprint density at radius 2 is 1.70 bits per heavy atom. The van der Waals surface area contributed by atoms with Crippen LogP contribution in [0, 0.1) is 0 Å². The predicted molar refractivity (Wildman–Crippen MR) is 132 cm³/mol. The Hall–Kier alpha value is -2.55. The minimum absolute atomic E-state index is 0.00961. The fourth-order valence-corrected chi connectivity index (χ4v) is 6.27. The van der Waals surface area contributed by atoms with E-state index in [4.69, 9.17) is 16.6 Å². The van der Waals surface area contributed by atoms with Crippen LogP contribution in [0.15, 0.2) is 48.5 Å². The van der Waals surface area contributed by atoms with Gasteiger partial charge in [0, 0.05) is 31.2 Å². The zero-order valence-corrected chi connectivity index (χ0v) is 19.9. The molecule has 0 radical (unpaired) electrons. The van der Waals surface area contributed by atoms with Crippen LogP contribution < -0.4 is 4.90 Å². The van der Waals surface area contributed by atoms with Crippen LogP contribution in [0.3, 0.4) is 0 Å². The van der Waals surface area contributed by atoms with Gasteiger partial charge in [-0.25, -0.2) is 9.67 Å². The first-order valence-corrected chi connectivity index (χ1v) is 12.8. The number of tetrazole rings is 1. The van der Waals surface area contributed by atoms with E-state index in [1.165, 1.54) is 23.1 Å². The average molecular weight is 480 g/mol. The molecule has 1 aliphatic carbocycles. The fourth-order valence-electron chi connectivity index (χ4n) is 5.12. The summed E-state index contributed by atoms with van der Waals surface area (Å²) in [5.41, 5.74) is 2.26. The number of rotatable bonds is 5. The van der Waals surface area contributed by atoms with E-state index >= 15 is 0 Å². The maximum Gasteiger partial charge on any atom is 0.186 e. The summed E-state index contributed by atoms with van der Waals surface area (Å²) in [6.07, 6.45) is 4.79. The molecule has 0 unspecified atom stereocenters. The van der Waals surface area contributed by atoms with Gasteiger partial charge in [-0.15, -0.1) is 5.10 Å². The molecule has 0 N–H and O–H groups in total. The molecular formula is C24H26ClN7S. The molecule has 0 amide bonds. The number of hydrogen-bond acceptors (Lipinski definition) is 7. The number of nitrogens with zero attached hydrogens (tertiary/aromatic N) is 7. The van der Waals surface area contributed by atoms with Gasteiger partial charge in [-0.05, 0) is 53.1 Å². The monoisotopic (exact) mass is 479 g/mol. The van der Waals surface area contributed by atoms with Crippen LogP contribution in [-0.2, 0) is 0 Å². The lowest BCUT2D eigenvalue weighted by atomic mass is 10.0. The molecule has 3 heterocycles. The van der Waals surface area contributed by atoms with Gasteiger partial charge in [0.25, 0.3) is 0 Å². The molecular weight excluding hydrogens is 454 g/mol. The molecule has 1 aliphatic heterocycles. The number of benzene rings is 2. The van der Waals surface area contributed by atoms with Crippen LogP contribution in [-0.4, -0.2) is 56.3 Å². The first kappa shape index (κ1) is 21.0. The second-order valence-corrected chi connectivity index (χ2v) is 10.3. The summed E-state index contributed by atoms with van der Waals surface area (Å²) in [6, 6.07) is 16.9. The minimum Gasteiger partial charge on any atom is -0.345 e. The predicted octanol–water partition coefficient (Wildman–Crippen LogP) is 4.96. The van der Waals surface area contributed by atoms with Crippen molar-refractivity contribution in [1.82, 2.24) is 30.1 Å². The van der Waals surface area contributed by atoms with Crippen LogP contribution in [0.5, 0.6) is 0 Å². The van der Waals surface area contributed by atoms with E-state index in [0.29, 0.717) is 6.04 Å². The zero-order valence-electron chi connectivity index (χ0n) is 18.3. The van der Waals surface area contributed by atoms with Crippen LogP contribution in [0.1, 0.15) is 49.2 Å². The van der Waals surface area contributed by atoms with E-state index in [-0.39, 0.29) is 6.04 Å². The van der Waals surface area contributed by atoms with Crippen molar-refractivity contribution in [2.24, 2.45) is 0 Å². The Morgan fingerprint density at radius 3 is 2.45 bits per heavy atom. The first-order valence-electron chi connectivity index (χ1n) is 11.6. The zero-order chi connectivity index (χ0) is 22.2. The number of anilines is 1. The van der Waals surface area contributed by atoms with Crippen molar-refractivity contribution >= 4 is 38.3 Å². The van der Waals surface area contributed by atoms with Crippen molar-refractivity contribution in [3.05, 3.63) is 64.9 Å². The van der Waals surface area contributed by atoms with Crippen molar-refractivity contribution in [2.75, 3.05) is 31.1 Å². The van der Waals surface area contributed by atoms with Crippen LogP contribution in [0.2, 0.25) is 5.02 Å². The standard InChI is InChI=1S/C24H26ClN7S/c25-18-11-9-17(10-12-18)22(23-27-28-29-32(23)19-5-1-2-6-19)30-13-15-31(16-14-30)24-26-20-7-3-4-8-21(20)33-24/h3-4,7-12,19,22H,1-2,5-6,13-16H2/t22-/m0/s1. The van der Waals surface area contributed by atoms with Crippen molar-refractivity contribution in [1.29, 1.82) is 0 Å². The maximum absolute atomic E-state index is 6.21. The van der Waals surface area contributed by atoms with Crippen molar-refractivity contribution in [3.63, 3.8) is 0 Å². The highest BCUT2D eigenvalue weighted by Gasteiger charge is 2.33. The summed E-state index contributed by atoms with van der Waals surface area (Å²) >= 11 is 7.98. The molecule has 1 atom stereocenters. The van der Waals surface area contributed by atoms with Crippen LogP contribution in [0.4, 0.5) is 5.13 Å². The van der Waals surface area contributed by atoms with Crippen molar-refractivity contribution in [2.45, 2.75) is 37.8 Å². The Morgan fingerprint density at radius 1 is 0.939 bits per heavy atom. The molecule has 33 heavy (non-hydrogen) atoms. The average Bonchev–Trinajstić information content (AvgIpc) is 3.61. The van der Waals surface area contributed by atoms with Gasteiger partial charge in [0.1, 0.15) is 0 Å². The molecule has 2 fully saturated rings. The number of para-hydroxylation sites is 1. The second-order valence-electron chi connectivity index (χ2n) is 8.86. The molecule has 6 rings (SSSR count). The molecule has 7 nitrogen and oxygen atoms in total. The lowest BCUT2D eigenvalue weighted by Gasteiger charge is -2.39. The summed E-state index contributed by atoms with van der Waals surface area (Å²) in [6.45, 7) is 3.69. The van der Waals surface area contributed by atoms with Gasteiger partial charge < -0.3 is 4.90 Å². The largest absolute Gasteiger partial charge is 0.345 e. The van der Waals surface area contributed by atoms with Gasteiger partial charge in [0.2, 0.25) is 0 Å². The van der Waals surface area contributed by atoms with E-state index in [1.807, 2.05) is 12.1 Å². The molecule has 2 aromatic carbocycles. The Bertz CT molecular complexity index is 1190. The van der Waals surface area contributed by atoms with E-state index in [9.17, 15) is 0 Å². The fraction of sp³-hybridized carbons (Fsp3) is 0.417. The number of fused-ring (bicyclic) bond motifs is 1. The summed E-state index contributed by atoms with van der Waals surface area (Å²) in [7, 11) is 0. The smallest absolute Gasteiger partial charge is 0.186 e. The molecule has 4 aromatic rings. The topological polar surface area (TPSA) is 63.0 Å². The van der Waals surface area contributed by atoms with Gasteiger partial charge in [0.05, 0.1) is 22.3 Å². The van der Waals surface area contributed by atoms with Gasteiger partial charge in [-0.3, -0.25) is 4.90 Å². The highest BCUT2D eigenvalue weighted by molar-refractivity contribution is 7.22. The summed E-state index contributed by atoms with van der Waals surface area (Å²) in [5, 5.41) is 14.9. The maximum atomic E-state index is 6.21. The lowest BCUT2D eigenvalue weighted by molar-refractivity contribution is 0.197. The van der Waals surface area contributed by atoms with Crippen LogP contribution >= 0.6 is 22.9 Å². The number of halogens is 1. The normalized spacial score (nSPS) is 18.9. The van der Waals surface area contributed by atoms with Gasteiger partial charge >= 0.3 is 0 Å². The SMILES string of the molecule is Clc1ccc([C@@H](c2nnnn2C2CCCC2)N2CCN(c3nc4ccccc4s3)CC2)cc1. The van der Waals surface area contributed by atoms with Crippen molar-refractivity contribution in [3.8, 4) is 0 Å². The van der Waals surface area contributed by atoms with Crippen LogP contribution in [0.25, 0.3) is 10.2 Å². The Balaban J connectivity index is 1.28. The molecule has 2 aliphatic rings. The quantitative estimate of drug-likeness (QED) is 0.403. The third kappa shape index (κ3) is 4.11. The molecule has 9 heteroatoms. The molecule has 0 bridgehead atoms. The molecule has 170 valence electrons. The highest BCUT2D eigenvalue weighted by atomic mass is 35.5. The van der Waals surface area contributed by atoms with Gasteiger partial charge in [-0.2, -0.15) is 0 Å². The number of aromatic nitrogens is 5. The second kappa shape index (κ2) is 9.00. The van der Waals surface area contributed by atoms with Gasteiger partial charge in [-0.1, -0.05) is 60.0 Å². The highest BCUT2D eigenvalue weighted by Crippen LogP contribution is 2.36. The lowest BCUT2D eigenvalue weighted by Crippen LogP contribution is -2.48. The molecule has 1 saturated carbocycles. The van der Waals surface area contributed by atoms with Gasteiger partial charge in [0.15, 0.2) is 11.0 Å². The minimum atomic E-state index is 0.00961. The van der Waals surface area contributed by atoms with E-state index in [1.54, 1.807) is 11.3 Å². The molecule has 2 aromatic heterocycles. The Labute approximate surface area is 202 Å². The van der Waals surface area contributed by atoms with Crippen molar-refractivity contribution < 1.29 is 0 Å². The molecule has 1 saturated heterocycles. The third-order valence-electron chi connectivity index (χ3n) is 6.85. The third-order valence-corrected chi connectivity index (χ3v) is 8.20. The number of thiazole rings is 1. The van der Waals surface area contributed by atoms with E-state index in [2.05, 4.69) is 66.4 Å². The first-order chi connectivity index (χ1) is 16.3. The summed E-state index contributed by atoms with van der Waals surface area (Å²) in [5.74, 6) is 0.942. The number of piperazine rings is 1.